The molecule has 1 aliphatic heterocycles. The molecule has 1 saturated heterocycles. The summed E-state index contributed by atoms with van der Waals surface area (Å²) in [5.74, 6) is -0.693. The average Bonchev–Trinajstić information content (AvgIpc) is 2.49. The number of halogens is 2. The fourth-order valence-electron chi connectivity index (χ4n) is 2.86. The molecule has 1 amide bonds. The molecule has 0 N–H and O–H groups in total. The summed E-state index contributed by atoms with van der Waals surface area (Å²) < 4.78 is 14.6. The van der Waals surface area contributed by atoms with E-state index in [2.05, 4.69) is 27.8 Å². The van der Waals surface area contributed by atoms with Crippen molar-refractivity contribution in [2.45, 2.75) is 32.2 Å². The highest BCUT2D eigenvalue weighted by molar-refractivity contribution is 9.10. The average molecular weight is 357 g/mol. The summed E-state index contributed by atoms with van der Waals surface area (Å²) in [5.41, 5.74) is 0.142. The molecule has 0 spiro atoms. The van der Waals surface area contributed by atoms with Crippen molar-refractivity contribution >= 4 is 21.8 Å². The molecule has 0 aliphatic carbocycles. The van der Waals surface area contributed by atoms with Gasteiger partial charge < -0.3 is 9.80 Å². The van der Waals surface area contributed by atoms with E-state index < -0.39 is 5.82 Å². The van der Waals surface area contributed by atoms with Crippen LogP contribution in [0.2, 0.25) is 0 Å². The van der Waals surface area contributed by atoms with E-state index in [1.807, 2.05) is 0 Å². The SMILES string of the molecule is CCCN1CCC(N(C)C(=O)c2cc(Br)ccc2F)CC1. The van der Waals surface area contributed by atoms with Gasteiger partial charge in [0.1, 0.15) is 5.82 Å². The molecule has 5 heteroatoms. The molecule has 1 heterocycles. The quantitative estimate of drug-likeness (QED) is 0.823. The summed E-state index contributed by atoms with van der Waals surface area (Å²) in [6, 6.07) is 4.69. The van der Waals surface area contributed by atoms with Crippen molar-refractivity contribution in [3.63, 3.8) is 0 Å². The number of nitrogens with zero attached hydrogens (tertiary/aromatic N) is 2. The summed E-state index contributed by atoms with van der Waals surface area (Å²) in [6.45, 7) is 5.32. The number of carbonyl (C=O) groups excluding carboxylic acids is 1. The summed E-state index contributed by atoms with van der Waals surface area (Å²) in [6.07, 6.45) is 3.07. The van der Waals surface area contributed by atoms with Crippen LogP contribution in [0.5, 0.6) is 0 Å². The summed E-state index contributed by atoms with van der Waals surface area (Å²) in [4.78, 5) is 16.6. The Morgan fingerprint density at radius 1 is 1.43 bits per heavy atom. The van der Waals surface area contributed by atoms with Crippen LogP contribution in [0.3, 0.4) is 0 Å². The van der Waals surface area contributed by atoms with Crippen LogP contribution in [0.15, 0.2) is 22.7 Å². The summed E-state index contributed by atoms with van der Waals surface area (Å²) in [5, 5.41) is 0. The van der Waals surface area contributed by atoms with Crippen LogP contribution in [0.4, 0.5) is 4.39 Å². The molecule has 0 radical (unpaired) electrons. The molecular formula is C16H22BrFN2O. The van der Waals surface area contributed by atoms with Gasteiger partial charge in [-0.05, 0) is 44.0 Å². The Hall–Kier alpha value is -0.940. The first kappa shape index (κ1) is 16.4. The zero-order valence-corrected chi connectivity index (χ0v) is 14.2. The van der Waals surface area contributed by atoms with Gasteiger partial charge in [0.05, 0.1) is 5.56 Å². The predicted octanol–water partition coefficient (Wildman–Crippen LogP) is 3.53. The number of likely N-dealkylation sites (tertiary alicyclic amines) is 1. The van der Waals surface area contributed by atoms with Crippen molar-refractivity contribution in [3.8, 4) is 0 Å². The van der Waals surface area contributed by atoms with Crippen molar-refractivity contribution in [1.29, 1.82) is 0 Å². The minimum atomic E-state index is -0.460. The van der Waals surface area contributed by atoms with E-state index >= 15 is 0 Å². The minimum absolute atomic E-state index is 0.142. The molecule has 0 atom stereocenters. The zero-order chi connectivity index (χ0) is 15.4. The molecular weight excluding hydrogens is 335 g/mol. The highest BCUT2D eigenvalue weighted by Gasteiger charge is 2.27. The molecule has 116 valence electrons. The van der Waals surface area contributed by atoms with Crippen LogP contribution < -0.4 is 0 Å². The van der Waals surface area contributed by atoms with Gasteiger partial charge in [0.15, 0.2) is 0 Å². The van der Waals surface area contributed by atoms with Crippen LogP contribution in [-0.2, 0) is 0 Å². The molecule has 0 aromatic heterocycles. The Morgan fingerprint density at radius 3 is 2.71 bits per heavy atom. The van der Waals surface area contributed by atoms with E-state index in [1.54, 1.807) is 24.1 Å². The summed E-state index contributed by atoms with van der Waals surface area (Å²) >= 11 is 3.29. The minimum Gasteiger partial charge on any atom is -0.339 e. The van der Waals surface area contributed by atoms with E-state index in [9.17, 15) is 9.18 Å². The largest absolute Gasteiger partial charge is 0.339 e. The first-order chi connectivity index (χ1) is 10.0. The molecule has 21 heavy (non-hydrogen) atoms. The number of amides is 1. The van der Waals surface area contributed by atoms with Gasteiger partial charge in [0, 0.05) is 30.7 Å². The lowest BCUT2D eigenvalue weighted by atomic mass is 10.0. The third-order valence-corrected chi connectivity index (χ3v) is 4.62. The first-order valence-electron chi connectivity index (χ1n) is 7.47. The van der Waals surface area contributed by atoms with Crippen molar-refractivity contribution in [1.82, 2.24) is 9.80 Å². The fourth-order valence-corrected chi connectivity index (χ4v) is 3.22. The second kappa shape index (κ2) is 7.36. The monoisotopic (exact) mass is 356 g/mol. The van der Waals surface area contributed by atoms with E-state index in [4.69, 9.17) is 0 Å². The molecule has 1 aliphatic rings. The van der Waals surface area contributed by atoms with E-state index in [0.717, 1.165) is 43.4 Å². The van der Waals surface area contributed by atoms with Gasteiger partial charge >= 0.3 is 0 Å². The van der Waals surface area contributed by atoms with Gasteiger partial charge in [-0.3, -0.25) is 4.79 Å². The maximum atomic E-state index is 13.8. The van der Waals surface area contributed by atoms with Gasteiger partial charge in [0.25, 0.3) is 5.91 Å². The maximum Gasteiger partial charge on any atom is 0.256 e. The van der Waals surface area contributed by atoms with Crippen LogP contribution in [-0.4, -0.2) is 48.4 Å². The number of rotatable bonds is 4. The Morgan fingerprint density at radius 2 is 2.10 bits per heavy atom. The normalized spacial score (nSPS) is 17.0. The van der Waals surface area contributed by atoms with Gasteiger partial charge in [-0.15, -0.1) is 0 Å². The van der Waals surface area contributed by atoms with Crippen molar-refractivity contribution in [2.75, 3.05) is 26.7 Å². The van der Waals surface area contributed by atoms with Crippen LogP contribution in [0.1, 0.15) is 36.5 Å². The Kier molecular flexibility index (Phi) is 5.76. The second-order valence-corrected chi connectivity index (χ2v) is 6.53. The lowest BCUT2D eigenvalue weighted by molar-refractivity contribution is 0.0638. The van der Waals surface area contributed by atoms with Gasteiger partial charge in [-0.1, -0.05) is 22.9 Å². The van der Waals surface area contributed by atoms with Gasteiger partial charge in [0.2, 0.25) is 0 Å². The molecule has 0 unspecified atom stereocenters. The Labute approximate surface area is 134 Å². The molecule has 0 bridgehead atoms. The molecule has 3 nitrogen and oxygen atoms in total. The van der Waals surface area contributed by atoms with Crippen LogP contribution >= 0.6 is 15.9 Å². The van der Waals surface area contributed by atoms with Crippen molar-refractivity contribution < 1.29 is 9.18 Å². The maximum absolute atomic E-state index is 13.8. The zero-order valence-electron chi connectivity index (χ0n) is 12.6. The van der Waals surface area contributed by atoms with Gasteiger partial charge in [-0.2, -0.15) is 0 Å². The van der Waals surface area contributed by atoms with Crippen molar-refractivity contribution in [3.05, 3.63) is 34.1 Å². The van der Waals surface area contributed by atoms with Crippen LogP contribution in [0.25, 0.3) is 0 Å². The third kappa shape index (κ3) is 4.04. The Bertz CT molecular complexity index is 501. The number of hydrogen-bond donors (Lipinski definition) is 0. The van der Waals surface area contributed by atoms with E-state index in [1.165, 1.54) is 6.07 Å². The molecule has 0 saturated carbocycles. The predicted molar refractivity (Wildman–Crippen MR) is 85.9 cm³/mol. The smallest absolute Gasteiger partial charge is 0.256 e. The van der Waals surface area contributed by atoms with Crippen molar-refractivity contribution in [2.24, 2.45) is 0 Å². The molecule has 1 aromatic rings. The van der Waals surface area contributed by atoms with Gasteiger partial charge in [-0.25, -0.2) is 4.39 Å². The standard InChI is InChI=1S/C16H22BrFN2O/c1-3-8-20-9-6-13(7-10-20)19(2)16(21)14-11-12(17)4-5-15(14)18/h4-5,11,13H,3,6-10H2,1-2H3. The van der Waals surface area contributed by atoms with E-state index in [0.29, 0.717) is 0 Å². The highest BCUT2D eigenvalue weighted by Crippen LogP contribution is 2.21. The molecule has 1 fully saturated rings. The van der Waals surface area contributed by atoms with Crippen LogP contribution in [0, 0.1) is 5.82 Å². The first-order valence-corrected chi connectivity index (χ1v) is 8.26. The van der Waals surface area contributed by atoms with E-state index in [-0.39, 0.29) is 17.5 Å². The lowest BCUT2D eigenvalue weighted by Gasteiger charge is -2.36. The number of carbonyl (C=O) groups is 1. The summed E-state index contributed by atoms with van der Waals surface area (Å²) in [7, 11) is 1.78. The number of hydrogen-bond acceptors (Lipinski definition) is 2. The molecule has 1 aromatic carbocycles. The Balaban J connectivity index is 2.01. The fraction of sp³-hybridized carbons (Fsp3) is 0.562. The second-order valence-electron chi connectivity index (χ2n) is 5.61. The lowest BCUT2D eigenvalue weighted by Crippen LogP contribution is -2.45. The topological polar surface area (TPSA) is 23.6 Å². The molecule has 2 rings (SSSR count). The number of piperidine rings is 1. The number of benzene rings is 1. The highest BCUT2D eigenvalue weighted by atomic mass is 79.9. The third-order valence-electron chi connectivity index (χ3n) is 4.12.